The van der Waals surface area contributed by atoms with Gasteiger partial charge >= 0.3 is 34.4 Å². The third kappa shape index (κ3) is 1140. The molecule has 0 atom stereocenters. The van der Waals surface area contributed by atoms with E-state index in [1.165, 1.54) is 0 Å². The van der Waals surface area contributed by atoms with Crippen LogP contribution in [0, 0.1) is 0 Å². The predicted molar refractivity (Wildman–Crippen MR) is 24.2 cm³/mol. The number of hydrogen-bond donors (Lipinski definition) is 1. The van der Waals surface area contributed by atoms with Gasteiger partial charge in [-0.15, -0.1) is 9.05 Å². The number of hydrogen-bond acceptors (Lipinski definition) is 8. The third-order valence-corrected chi connectivity index (χ3v) is 0. The van der Waals surface area contributed by atoms with E-state index in [2.05, 4.69) is 0 Å². The van der Waals surface area contributed by atoms with Gasteiger partial charge < -0.3 is 28.3 Å². The van der Waals surface area contributed by atoms with Crippen LogP contribution >= 0.6 is 0 Å². The maximum absolute atomic E-state index is 8.69. The molecule has 0 heterocycles. The summed E-state index contributed by atoms with van der Waals surface area (Å²) in [5, 5.41) is 0. The SMILES string of the molecule is O=S(=O)([O-])[O-].[Al+3].[Fe+2].[O-][Si]([O-])([O-])O. The summed E-state index contributed by atoms with van der Waals surface area (Å²) in [7, 11) is -10.5. The Morgan fingerprint density at radius 1 is 1.08 bits per heavy atom. The molecule has 12 heteroatoms. The van der Waals surface area contributed by atoms with Crippen LogP contribution in [-0.4, -0.2) is 48.7 Å². The molecule has 8 nitrogen and oxygen atoms in total. The zero-order chi connectivity index (χ0) is 9.00. The Labute approximate surface area is 90.5 Å². The van der Waals surface area contributed by atoms with Crippen LogP contribution in [0.25, 0.3) is 0 Å². The molecule has 0 aliphatic carbocycles. The average molecular weight is 272 g/mol. The first kappa shape index (κ1) is 23.1. The quantitative estimate of drug-likeness (QED) is 0.258. The summed E-state index contributed by atoms with van der Waals surface area (Å²) in [6.07, 6.45) is 0. The van der Waals surface area contributed by atoms with Gasteiger partial charge in [-0.05, 0) is 0 Å². The van der Waals surface area contributed by atoms with Crippen molar-refractivity contribution in [3.8, 4) is 0 Å². The molecule has 0 aromatic rings. The Morgan fingerprint density at radius 2 is 1.08 bits per heavy atom. The minimum Gasteiger partial charge on any atom is -0.861 e. The van der Waals surface area contributed by atoms with E-state index in [9.17, 15) is 0 Å². The van der Waals surface area contributed by atoms with Gasteiger partial charge in [0.05, 0.1) is 0 Å². The van der Waals surface area contributed by atoms with Crippen molar-refractivity contribution in [1.29, 1.82) is 0 Å². The summed E-state index contributed by atoms with van der Waals surface area (Å²) in [4.78, 5) is 33.1. The molecule has 0 unspecified atom stereocenters. The zero-order valence-corrected chi connectivity index (χ0v) is 9.22. The average Bonchev–Trinajstić information content (AvgIpc) is 1.12. The summed E-state index contributed by atoms with van der Waals surface area (Å²) < 4.78 is 34.1. The van der Waals surface area contributed by atoms with Crippen LogP contribution < -0.4 is 14.4 Å². The van der Waals surface area contributed by atoms with Gasteiger partial charge in [-0.2, -0.15) is 0 Å². The second-order valence-corrected chi connectivity index (χ2v) is 2.80. The Bertz CT molecular complexity index is 154. The van der Waals surface area contributed by atoms with Crippen molar-refractivity contribution in [3.63, 3.8) is 0 Å². The van der Waals surface area contributed by atoms with Gasteiger partial charge in [-0.1, -0.05) is 0 Å². The molecule has 1 N–H and O–H groups in total. The van der Waals surface area contributed by atoms with Gasteiger partial charge in [0.15, 0.2) is 0 Å². The molecule has 0 amide bonds. The van der Waals surface area contributed by atoms with E-state index < -0.39 is 19.4 Å². The van der Waals surface area contributed by atoms with Gasteiger partial charge in [-0.3, -0.25) is 8.42 Å². The first-order valence-electron chi connectivity index (χ1n) is 1.50. The van der Waals surface area contributed by atoms with Crippen LogP contribution in [0.15, 0.2) is 0 Å². The second kappa shape index (κ2) is 8.57. The molecule has 0 bridgehead atoms. The van der Waals surface area contributed by atoms with E-state index in [1.807, 2.05) is 0 Å². The van der Waals surface area contributed by atoms with E-state index in [1.54, 1.807) is 0 Å². The van der Waals surface area contributed by atoms with Crippen LogP contribution in [0.3, 0.4) is 0 Å². The monoisotopic (exact) mass is 272 g/mol. The molecule has 0 saturated carbocycles. The molecular formula is HAlFeO8SSi. The van der Waals surface area contributed by atoms with Gasteiger partial charge in [0, 0.05) is 10.4 Å². The number of rotatable bonds is 0. The van der Waals surface area contributed by atoms with Crippen LogP contribution in [0.2, 0.25) is 0 Å². The fraction of sp³-hybridized carbons (Fsp3) is 0. The second-order valence-electron chi connectivity index (χ2n) is 0.932. The molecule has 0 fully saturated rings. The molecule has 0 aliphatic rings. The molecule has 0 spiro atoms. The molecule has 0 rings (SSSR count). The Kier molecular flexibility index (Phi) is 16.5. The van der Waals surface area contributed by atoms with Crippen LogP contribution in [-0.2, 0) is 27.5 Å². The molecule has 12 heavy (non-hydrogen) atoms. The van der Waals surface area contributed by atoms with E-state index in [-0.39, 0.29) is 34.4 Å². The maximum Gasteiger partial charge on any atom is 3.00 e. The van der Waals surface area contributed by atoms with Crippen molar-refractivity contribution in [2.45, 2.75) is 0 Å². The van der Waals surface area contributed by atoms with Gasteiger partial charge in [0.2, 0.25) is 0 Å². The normalized spacial score (nSPS) is 9.83. The third-order valence-electron chi connectivity index (χ3n) is 0. The molecule has 0 aromatic heterocycles. The minimum absolute atomic E-state index is 0. The van der Waals surface area contributed by atoms with Crippen LogP contribution in [0.1, 0.15) is 0 Å². The zero-order valence-electron chi connectivity index (χ0n) is 5.14. The maximum atomic E-state index is 8.69. The fourth-order valence-corrected chi connectivity index (χ4v) is 0. The molecule has 0 aromatic carbocycles. The van der Waals surface area contributed by atoms with Gasteiger partial charge in [0.1, 0.15) is 0 Å². The summed E-state index contributed by atoms with van der Waals surface area (Å²) in [6, 6.07) is 0. The summed E-state index contributed by atoms with van der Waals surface area (Å²) in [5.41, 5.74) is 0. The van der Waals surface area contributed by atoms with Crippen molar-refractivity contribution in [2.75, 3.05) is 0 Å². The smallest absolute Gasteiger partial charge is 0.861 e. The Balaban J connectivity index is -0.0000000457. The Morgan fingerprint density at radius 3 is 1.08 bits per heavy atom. The molecule has 70 valence electrons. The molecular weight excluding hydrogens is 271 g/mol. The predicted octanol–water partition coefficient (Wildman–Crippen LogP) is -6.23. The van der Waals surface area contributed by atoms with Crippen molar-refractivity contribution >= 4 is 36.8 Å². The molecule has 0 aliphatic heterocycles. The largest absolute Gasteiger partial charge is 3.00 e. The van der Waals surface area contributed by atoms with E-state index >= 15 is 0 Å². The van der Waals surface area contributed by atoms with Crippen LogP contribution in [0.5, 0.6) is 0 Å². The van der Waals surface area contributed by atoms with Crippen molar-refractivity contribution in [2.24, 2.45) is 0 Å². The van der Waals surface area contributed by atoms with Crippen LogP contribution in [0.4, 0.5) is 0 Å². The van der Waals surface area contributed by atoms with E-state index in [0.29, 0.717) is 0 Å². The van der Waals surface area contributed by atoms with E-state index in [4.69, 9.17) is 36.7 Å². The first-order valence-corrected chi connectivity index (χ1v) is 4.51. The topological polar surface area (TPSA) is 170 Å². The minimum atomic E-state index is -5.36. The van der Waals surface area contributed by atoms with Crippen molar-refractivity contribution in [1.82, 2.24) is 0 Å². The summed E-state index contributed by atoms with van der Waals surface area (Å²) >= 11 is 0. The molecule has 0 radical (unpaired) electrons. The van der Waals surface area contributed by atoms with Crippen molar-refractivity contribution < 1.29 is 53.8 Å². The molecule has 0 saturated heterocycles. The first-order chi connectivity index (χ1) is 4.00. The fourth-order valence-electron chi connectivity index (χ4n) is 0. The Hall–Kier alpha value is 0.979. The summed E-state index contributed by atoms with van der Waals surface area (Å²) in [6.45, 7) is 0. The van der Waals surface area contributed by atoms with Gasteiger partial charge in [0.25, 0.3) is 0 Å². The summed E-state index contributed by atoms with van der Waals surface area (Å²) in [5.74, 6) is 0. The van der Waals surface area contributed by atoms with E-state index in [0.717, 1.165) is 0 Å². The van der Waals surface area contributed by atoms with Crippen molar-refractivity contribution in [3.05, 3.63) is 0 Å². The standard InChI is InChI=1S/Al.Fe.H2O4S.HO4Si/c;;2*1-5(2,3)4/h;;(H2,1,2,3,4);1H/q+3;+2;;-3/p-2. The van der Waals surface area contributed by atoms with Gasteiger partial charge in [-0.25, -0.2) is 0 Å².